The van der Waals surface area contributed by atoms with E-state index in [0.29, 0.717) is 0 Å². The summed E-state index contributed by atoms with van der Waals surface area (Å²) in [6.07, 6.45) is 6.01. The molecule has 2 nitrogen and oxygen atoms in total. The minimum absolute atomic E-state index is 0.202. The summed E-state index contributed by atoms with van der Waals surface area (Å²) in [5.74, 6) is 6.03. The molecule has 1 rings (SSSR count). The van der Waals surface area contributed by atoms with Gasteiger partial charge in [-0.05, 0) is 25.7 Å². The lowest BCUT2D eigenvalue weighted by Gasteiger charge is -1.99. The van der Waals surface area contributed by atoms with E-state index in [0.717, 1.165) is 49.7 Å². The summed E-state index contributed by atoms with van der Waals surface area (Å²) in [5.41, 5.74) is 1.79. The van der Waals surface area contributed by atoms with E-state index in [1.54, 1.807) is 0 Å². The zero-order chi connectivity index (χ0) is 11.1. The van der Waals surface area contributed by atoms with E-state index in [1.165, 1.54) is 7.11 Å². The van der Waals surface area contributed by atoms with Gasteiger partial charge in [-0.15, -0.1) is 0 Å². The Hall–Kier alpha value is -1.23. The number of allylic oxidation sites excluding steroid dienone is 1. The van der Waals surface area contributed by atoms with Gasteiger partial charge in [-0.25, -0.2) is 4.79 Å². The summed E-state index contributed by atoms with van der Waals surface area (Å²) in [6, 6.07) is 0. The lowest BCUT2D eigenvalue weighted by molar-refractivity contribution is -0.136. The molecule has 0 saturated carbocycles. The number of carbonyl (C=O) groups excluding carboxylic acids is 1. The summed E-state index contributed by atoms with van der Waals surface area (Å²) in [4.78, 5) is 11.4. The van der Waals surface area contributed by atoms with Gasteiger partial charge < -0.3 is 4.74 Å². The highest BCUT2D eigenvalue weighted by Crippen LogP contribution is 2.26. The van der Waals surface area contributed by atoms with Crippen molar-refractivity contribution in [2.75, 3.05) is 7.11 Å². The van der Waals surface area contributed by atoms with Crippen LogP contribution in [-0.4, -0.2) is 13.1 Å². The molecule has 0 unspecified atom stereocenters. The zero-order valence-electron chi connectivity index (χ0n) is 9.56. The van der Waals surface area contributed by atoms with E-state index in [-0.39, 0.29) is 5.97 Å². The molecule has 0 bridgehead atoms. The van der Waals surface area contributed by atoms with Gasteiger partial charge in [-0.1, -0.05) is 25.2 Å². The molecule has 0 aliphatic heterocycles. The maximum Gasteiger partial charge on any atom is 0.334 e. The largest absolute Gasteiger partial charge is 0.466 e. The second-order valence-corrected chi connectivity index (χ2v) is 3.71. The van der Waals surface area contributed by atoms with Crippen molar-refractivity contribution in [2.45, 2.75) is 45.4 Å². The molecule has 0 radical (unpaired) electrons. The Bertz CT molecular complexity index is 315. The Kier molecular flexibility index (Phi) is 4.97. The second kappa shape index (κ2) is 6.29. The van der Waals surface area contributed by atoms with Gasteiger partial charge in [-0.2, -0.15) is 0 Å². The molecular formula is C13H18O2. The summed E-state index contributed by atoms with van der Waals surface area (Å²) < 4.78 is 4.73. The molecule has 0 amide bonds. The van der Waals surface area contributed by atoms with Gasteiger partial charge in [0.15, 0.2) is 0 Å². The fourth-order valence-corrected chi connectivity index (χ4v) is 1.66. The molecule has 0 fully saturated rings. The summed E-state index contributed by atoms with van der Waals surface area (Å²) in [6.45, 7) is 2.15. The number of hydrogen-bond acceptors (Lipinski definition) is 2. The first-order valence-corrected chi connectivity index (χ1v) is 5.58. The highest BCUT2D eigenvalue weighted by Gasteiger charge is 2.19. The molecule has 0 saturated heterocycles. The summed E-state index contributed by atoms with van der Waals surface area (Å²) in [5, 5.41) is 0. The quantitative estimate of drug-likeness (QED) is 0.403. The van der Waals surface area contributed by atoms with Gasteiger partial charge in [0.1, 0.15) is 0 Å². The minimum Gasteiger partial charge on any atom is -0.466 e. The first kappa shape index (κ1) is 11.8. The van der Waals surface area contributed by atoms with Crippen molar-refractivity contribution in [1.82, 2.24) is 0 Å². The fraction of sp³-hybridized carbons (Fsp3) is 0.615. The third-order valence-corrected chi connectivity index (χ3v) is 2.54. The number of unbranched alkanes of at least 4 members (excludes halogenated alkanes) is 2. The van der Waals surface area contributed by atoms with Crippen LogP contribution in [0.5, 0.6) is 0 Å². The maximum absolute atomic E-state index is 11.4. The Balaban J connectivity index is 2.63. The molecule has 0 atom stereocenters. The van der Waals surface area contributed by atoms with E-state index < -0.39 is 0 Å². The highest BCUT2D eigenvalue weighted by atomic mass is 16.5. The number of rotatable bonds is 3. The number of ether oxygens (including phenoxy) is 1. The zero-order valence-corrected chi connectivity index (χ0v) is 9.56. The van der Waals surface area contributed by atoms with Crippen LogP contribution >= 0.6 is 0 Å². The third-order valence-electron chi connectivity index (χ3n) is 2.54. The van der Waals surface area contributed by atoms with Crippen LogP contribution in [0.1, 0.15) is 45.4 Å². The Labute approximate surface area is 91.7 Å². The van der Waals surface area contributed by atoms with Gasteiger partial charge in [0.25, 0.3) is 0 Å². The lowest BCUT2D eigenvalue weighted by Crippen LogP contribution is -2.03. The molecule has 2 heteroatoms. The average Bonchev–Trinajstić information content (AvgIpc) is 2.71. The van der Waals surface area contributed by atoms with E-state index in [1.807, 2.05) is 0 Å². The monoisotopic (exact) mass is 206 g/mol. The predicted octanol–water partition coefficient (Wildman–Crippen LogP) is 2.83. The molecule has 0 aromatic rings. The highest BCUT2D eigenvalue weighted by molar-refractivity contribution is 5.90. The van der Waals surface area contributed by atoms with Crippen LogP contribution in [-0.2, 0) is 9.53 Å². The molecule has 82 valence electrons. The van der Waals surface area contributed by atoms with E-state index in [2.05, 4.69) is 18.8 Å². The summed E-state index contributed by atoms with van der Waals surface area (Å²) >= 11 is 0. The van der Waals surface area contributed by atoms with Crippen LogP contribution in [0.3, 0.4) is 0 Å². The van der Waals surface area contributed by atoms with Crippen molar-refractivity contribution in [3.63, 3.8) is 0 Å². The minimum atomic E-state index is -0.202. The molecule has 0 aromatic heterocycles. The molecular weight excluding hydrogens is 188 g/mol. The lowest BCUT2D eigenvalue weighted by atomic mass is 10.1. The van der Waals surface area contributed by atoms with E-state index in [9.17, 15) is 4.79 Å². The van der Waals surface area contributed by atoms with Gasteiger partial charge >= 0.3 is 5.97 Å². The van der Waals surface area contributed by atoms with Crippen molar-refractivity contribution >= 4 is 5.97 Å². The normalized spacial score (nSPS) is 14.8. The third kappa shape index (κ3) is 3.43. The van der Waals surface area contributed by atoms with E-state index in [4.69, 9.17) is 4.74 Å². The molecule has 1 aliphatic rings. The van der Waals surface area contributed by atoms with Gasteiger partial charge in [-0.3, -0.25) is 0 Å². The first-order chi connectivity index (χ1) is 7.29. The van der Waals surface area contributed by atoms with Crippen LogP contribution in [0.15, 0.2) is 11.1 Å². The van der Waals surface area contributed by atoms with Gasteiger partial charge in [0.05, 0.1) is 7.11 Å². The number of methoxy groups -OCH3 is 1. The molecule has 0 aromatic carbocycles. The molecule has 0 N–H and O–H groups in total. The Morgan fingerprint density at radius 2 is 2.27 bits per heavy atom. The van der Waals surface area contributed by atoms with Crippen molar-refractivity contribution < 1.29 is 9.53 Å². The fourth-order valence-electron chi connectivity index (χ4n) is 1.66. The van der Waals surface area contributed by atoms with Crippen LogP contribution in [0.4, 0.5) is 0 Å². The van der Waals surface area contributed by atoms with E-state index >= 15 is 0 Å². The van der Waals surface area contributed by atoms with Gasteiger partial charge in [0.2, 0.25) is 0 Å². The van der Waals surface area contributed by atoms with Crippen molar-refractivity contribution in [3.05, 3.63) is 11.1 Å². The van der Waals surface area contributed by atoms with Crippen molar-refractivity contribution in [2.24, 2.45) is 0 Å². The average molecular weight is 206 g/mol. The van der Waals surface area contributed by atoms with Crippen LogP contribution in [0.25, 0.3) is 0 Å². The topological polar surface area (TPSA) is 26.3 Å². The molecule has 15 heavy (non-hydrogen) atoms. The van der Waals surface area contributed by atoms with Gasteiger partial charge in [0, 0.05) is 17.6 Å². The summed E-state index contributed by atoms with van der Waals surface area (Å²) in [7, 11) is 1.43. The van der Waals surface area contributed by atoms with Crippen molar-refractivity contribution in [1.29, 1.82) is 0 Å². The Morgan fingerprint density at radius 3 is 2.93 bits per heavy atom. The maximum atomic E-state index is 11.4. The number of esters is 1. The predicted molar refractivity (Wildman–Crippen MR) is 60.2 cm³/mol. The van der Waals surface area contributed by atoms with Crippen LogP contribution in [0.2, 0.25) is 0 Å². The van der Waals surface area contributed by atoms with Crippen LogP contribution in [0, 0.1) is 11.8 Å². The smallest absolute Gasteiger partial charge is 0.334 e. The SMILES string of the molecule is CCCCC#CC1=C(C(=O)OC)CCC1. The second-order valence-electron chi connectivity index (χ2n) is 3.71. The number of carbonyl (C=O) groups is 1. The molecule has 0 spiro atoms. The first-order valence-electron chi connectivity index (χ1n) is 5.58. The van der Waals surface area contributed by atoms with Crippen LogP contribution < -0.4 is 0 Å². The molecule has 1 aliphatic carbocycles. The number of hydrogen-bond donors (Lipinski definition) is 0. The standard InChI is InChI=1S/C13H18O2/c1-3-4-5-6-8-11-9-7-10-12(11)13(14)15-2/h3-5,7,9-10H2,1-2H3. The Morgan fingerprint density at radius 1 is 1.47 bits per heavy atom. The van der Waals surface area contributed by atoms with Crippen molar-refractivity contribution in [3.8, 4) is 11.8 Å². The molecule has 0 heterocycles.